The number of carboxylic acid groups (broad SMARTS) is 1. The first kappa shape index (κ1) is 26.7. The first-order chi connectivity index (χ1) is 17.5. The van der Waals surface area contributed by atoms with Gasteiger partial charge in [0.25, 0.3) is 0 Å². The molecule has 9 nitrogen and oxygen atoms in total. The molecule has 1 fully saturated rings. The lowest BCUT2D eigenvalue weighted by Crippen LogP contribution is -2.43. The second-order valence-electron chi connectivity index (χ2n) is 8.63. The van der Waals surface area contributed by atoms with Crippen molar-refractivity contribution >= 4 is 22.4 Å². The van der Waals surface area contributed by atoms with Crippen molar-refractivity contribution in [2.75, 3.05) is 42.6 Å². The average Bonchev–Trinajstić information content (AvgIpc) is 2.85. The summed E-state index contributed by atoms with van der Waals surface area (Å²) < 4.78 is 61.2. The maximum Gasteiger partial charge on any atom is 0.411 e. The molecule has 3 aromatic rings. The van der Waals surface area contributed by atoms with Crippen molar-refractivity contribution in [1.29, 1.82) is 0 Å². The summed E-state index contributed by atoms with van der Waals surface area (Å²) in [7, 11) is -2.55. The van der Waals surface area contributed by atoms with Gasteiger partial charge in [0.1, 0.15) is 5.69 Å². The Balaban J connectivity index is 1.52. The lowest BCUT2D eigenvalue weighted by atomic mass is 10.1. The van der Waals surface area contributed by atoms with Gasteiger partial charge in [-0.25, -0.2) is 22.6 Å². The summed E-state index contributed by atoms with van der Waals surface area (Å²) in [6, 6.07) is 9.24. The van der Waals surface area contributed by atoms with Gasteiger partial charge in [-0.05, 0) is 17.7 Å². The van der Waals surface area contributed by atoms with Crippen LogP contribution in [-0.4, -0.2) is 72.7 Å². The Labute approximate surface area is 211 Å². The molecule has 0 unspecified atom stereocenters. The second-order valence-corrected chi connectivity index (χ2v) is 11.0. The fourth-order valence-corrected chi connectivity index (χ4v) is 5.29. The lowest BCUT2D eigenvalue weighted by Gasteiger charge is -2.41. The quantitative estimate of drug-likeness (QED) is 0.392. The Hall–Kier alpha value is -3.39. The van der Waals surface area contributed by atoms with Crippen LogP contribution in [-0.2, 0) is 6.42 Å². The van der Waals surface area contributed by atoms with Gasteiger partial charge in [-0.2, -0.15) is 15.7 Å². The molecule has 1 amide bonds. The van der Waals surface area contributed by atoms with Crippen LogP contribution in [0.25, 0.3) is 5.69 Å². The first-order valence-corrected chi connectivity index (χ1v) is 13.2. The molecule has 0 saturated carbocycles. The van der Waals surface area contributed by atoms with Crippen LogP contribution in [0, 0.1) is 17.5 Å². The number of nitrogens with zero attached hydrogens (tertiary/aromatic N) is 4. The van der Waals surface area contributed by atoms with Crippen molar-refractivity contribution in [1.82, 2.24) is 14.7 Å². The van der Waals surface area contributed by atoms with Gasteiger partial charge in [-0.15, -0.1) is 0 Å². The van der Waals surface area contributed by atoms with E-state index in [1.54, 1.807) is 24.3 Å². The van der Waals surface area contributed by atoms with Crippen molar-refractivity contribution in [2.24, 2.45) is 0 Å². The molecule has 4 rings (SSSR count). The Morgan fingerprint density at radius 3 is 2.38 bits per heavy atom. The van der Waals surface area contributed by atoms with Crippen molar-refractivity contribution in [2.45, 2.75) is 6.42 Å². The molecular formula is C24H25F3N4O5S. The highest BCUT2D eigenvalue weighted by Gasteiger charge is 2.23. The van der Waals surface area contributed by atoms with Crippen LogP contribution in [0.3, 0.4) is 0 Å². The molecule has 2 aromatic carbocycles. The standard InChI is InChI=1S/C24H25F3N4O5S/c25-19-14-18(15-20(26)23(19)27)31-5-4-22(32)21(28-31)13-16-2-1-3-17(12-16)30(24(33)34)7-6-29-8-10-37(35,36)11-9-29/h1-5,12,14-15,35-36H,6-11,13H2,(H,33,34). The van der Waals surface area contributed by atoms with Crippen LogP contribution in [0.1, 0.15) is 11.3 Å². The van der Waals surface area contributed by atoms with E-state index in [0.29, 0.717) is 30.9 Å². The van der Waals surface area contributed by atoms with E-state index >= 15 is 0 Å². The van der Waals surface area contributed by atoms with E-state index in [4.69, 9.17) is 0 Å². The highest BCUT2D eigenvalue weighted by Crippen LogP contribution is 2.40. The van der Waals surface area contributed by atoms with Gasteiger partial charge in [0.2, 0.25) is 5.43 Å². The summed E-state index contributed by atoms with van der Waals surface area (Å²) in [6.07, 6.45) is 0.0520. The molecule has 1 aromatic heterocycles. The molecule has 0 aliphatic carbocycles. The SMILES string of the molecule is O=C(O)N(CCN1CCS(O)(O)CC1)c1cccc(Cc2nn(-c3cc(F)c(F)c(F)c3)ccc2=O)c1. The Morgan fingerprint density at radius 1 is 1.05 bits per heavy atom. The topological polar surface area (TPSA) is 119 Å². The van der Waals surface area contributed by atoms with Gasteiger partial charge in [0, 0.05) is 62.7 Å². The van der Waals surface area contributed by atoms with Crippen LogP contribution in [0.4, 0.5) is 23.7 Å². The Morgan fingerprint density at radius 2 is 1.73 bits per heavy atom. The van der Waals surface area contributed by atoms with E-state index < -0.39 is 39.6 Å². The third-order valence-corrected chi connectivity index (χ3v) is 7.72. The molecule has 1 saturated heterocycles. The number of anilines is 1. The average molecular weight is 539 g/mol. The molecule has 0 bridgehead atoms. The molecule has 37 heavy (non-hydrogen) atoms. The van der Waals surface area contributed by atoms with E-state index in [2.05, 4.69) is 5.10 Å². The third kappa shape index (κ3) is 6.49. The van der Waals surface area contributed by atoms with Crippen molar-refractivity contribution < 1.29 is 32.2 Å². The highest BCUT2D eigenvalue weighted by molar-refractivity contribution is 8.24. The minimum atomic E-state index is -2.55. The van der Waals surface area contributed by atoms with E-state index in [-0.39, 0.29) is 35.9 Å². The molecule has 1 aliphatic rings. The smallest absolute Gasteiger partial charge is 0.411 e. The van der Waals surface area contributed by atoms with Crippen molar-refractivity contribution in [3.8, 4) is 5.69 Å². The number of benzene rings is 2. The summed E-state index contributed by atoms with van der Waals surface area (Å²) in [6.45, 7) is 1.48. The van der Waals surface area contributed by atoms with E-state index in [1.807, 2.05) is 4.90 Å². The number of hydrogen-bond donors (Lipinski definition) is 3. The summed E-state index contributed by atoms with van der Waals surface area (Å²) >= 11 is 0. The van der Waals surface area contributed by atoms with E-state index in [1.165, 1.54) is 12.3 Å². The van der Waals surface area contributed by atoms with Crippen molar-refractivity contribution in [3.63, 3.8) is 0 Å². The van der Waals surface area contributed by atoms with Gasteiger partial charge in [-0.1, -0.05) is 12.1 Å². The molecule has 13 heteroatoms. The monoisotopic (exact) mass is 538 g/mol. The number of hydrogen-bond acceptors (Lipinski definition) is 6. The Bertz CT molecular complexity index is 1340. The third-order valence-electron chi connectivity index (χ3n) is 6.05. The van der Waals surface area contributed by atoms with E-state index in [9.17, 15) is 37.0 Å². The molecular weight excluding hydrogens is 513 g/mol. The minimum Gasteiger partial charge on any atom is -0.465 e. The van der Waals surface area contributed by atoms with Crippen molar-refractivity contribution in [3.05, 3.63) is 87.6 Å². The fraction of sp³-hybridized carbons (Fsp3) is 0.292. The van der Waals surface area contributed by atoms with Crippen LogP contribution < -0.4 is 10.3 Å². The lowest BCUT2D eigenvalue weighted by molar-refractivity contribution is 0.199. The number of amides is 1. The highest BCUT2D eigenvalue weighted by atomic mass is 32.3. The summed E-state index contributed by atoms with van der Waals surface area (Å²) in [5, 5.41) is 13.9. The molecule has 3 N–H and O–H groups in total. The molecule has 198 valence electrons. The van der Waals surface area contributed by atoms with Gasteiger partial charge in [-0.3, -0.25) is 23.7 Å². The van der Waals surface area contributed by atoms with Crippen LogP contribution in [0.15, 0.2) is 53.5 Å². The maximum atomic E-state index is 13.7. The molecule has 2 heterocycles. The zero-order chi connectivity index (χ0) is 26.7. The predicted molar refractivity (Wildman–Crippen MR) is 133 cm³/mol. The van der Waals surface area contributed by atoms with E-state index in [0.717, 1.165) is 21.7 Å². The Kier molecular flexibility index (Phi) is 7.87. The van der Waals surface area contributed by atoms with Crippen LogP contribution >= 0.6 is 10.6 Å². The first-order valence-electron chi connectivity index (χ1n) is 11.3. The largest absolute Gasteiger partial charge is 0.465 e. The predicted octanol–water partition coefficient (Wildman–Crippen LogP) is 3.79. The number of halogens is 3. The maximum absolute atomic E-state index is 13.7. The van der Waals surface area contributed by atoms with Crippen LogP contribution in [0.5, 0.6) is 0 Å². The summed E-state index contributed by atoms with van der Waals surface area (Å²) in [4.78, 5) is 27.5. The minimum absolute atomic E-state index is 0.0110. The van der Waals surface area contributed by atoms with Gasteiger partial charge in [0.15, 0.2) is 17.5 Å². The second kappa shape index (κ2) is 10.9. The molecule has 0 spiro atoms. The number of carbonyl (C=O) groups is 1. The summed E-state index contributed by atoms with van der Waals surface area (Å²) in [5.41, 5.74) is 0.456. The molecule has 0 radical (unpaired) electrons. The summed E-state index contributed by atoms with van der Waals surface area (Å²) in [5.74, 6) is -3.88. The fourth-order valence-electron chi connectivity index (χ4n) is 3.98. The number of aromatic nitrogens is 2. The number of rotatable bonds is 7. The molecule has 0 atom stereocenters. The van der Waals surface area contributed by atoms with Gasteiger partial charge < -0.3 is 5.11 Å². The zero-order valence-electron chi connectivity index (χ0n) is 19.6. The van der Waals surface area contributed by atoms with Gasteiger partial charge in [0.05, 0.1) is 17.2 Å². The normalized spacial score (nSPS) is 16.4. The van der Waals surface area contributed by atoms with Crippen LogP contribution in [0.2, 0.25) is 0 Å². The van der Waals surface area contributed by atoms with Gasteiger partial charge >= 0.3 is 6.09 Å². The zero-order valence-corrected chi connectivity index (χ0v) is 20.4. The molecule has 1 aliphatic heterocycles.